The van der Waals surface area contributed by atoms with E-state index in [1.54, 1.807) is 11.1 Å². The molecule has 104 valence electrons. The molecule has 2 aromatic carbocycles. The van der Waals surface area contributed by atoms with Crippen LogP contribution in [-0.2, 0) is 12.8 Å². The second-order valence-electron chi connectivity index (χ2n) is 5.79. The molecule has 0 aliphatic heterocycles. The summed E-state index contributed by atoms with van der Waals surface area (Å²) < 4.78 is 0. The Kier molecular flexibility index (Phi) is 4.57. The largest absolute Gasteiger partial charge is 0.0928 e. The molecule has 0 amide bonds. The number of halogens is 1. The summed E-state index contributed by atoms with van der Waals surface area (Å²) in [6, 6.07) is 20.1. The van der Waals surface area contributed by atoms with Crippen LogP contribution in [0.25, 0.3) is 0 Å². The van der Waals surface area contributed by atoms with Crippen molar-refractivity contribution in [1.82, 2.24) is 0 Å². The summed E-state index contributed by atoms with van der Waals surface area (Å²) in [6.45, 7) is 0. The van der Waals surface area contributed by atoms with E-state index in [1.165, 1.54) is 31.2 Å². The number of benzene rings is 2. The molecule has 0 bridgehead atoms. The van der Waals surface area contributed by atoms with E-state index in [9.17, 15) is 0 Å². The Bertz CT molecular complexity index is 522. The van der Waals surface area contributed by atoms with Crippen molar-refractivity contribution in [2.45, 2.75) is 31.6 Å². The number of alkyl halides is 1. The van der Waals surface area contributed by atoms with Gasteiger partial charge in [0.2, 0.25) is 0 Å². The summed E-state index contributed by atoms with van der Waals surface area (Å²) >= 11 is 3.59. The lowest BCUT2D eigenvalue weighted by molar-refractivity contribution is 0.417. The van der Waals surface area contributed by atoms with Crippen molar-refractivity contribution >= 4 is 15.9 Å². The molecule has 1 aliphatic rings. The number of rotatable bonds is 5. The molecule has 0 fully saturated rings. The van der Waals surface area contributed by atoms with Crippen LogP contribution < -0.4 is 0 Å². The van der Waals surface area contributed by atoms with Crippen molar-refractivity contribution in [3.8, 4) is 0 Å². The average molecular weight is 329 g/mol. The Hall–Kier alpha value is -1.08. The van der Waals surface area contributed by atoms with E-state index in [2.05, 4.69) is 70.5 Å². The van der Waals surface area contributed by atoms with Crippen molar-refractivity contribution in [1.29, 1.82) is 0 Å². The highest BCUT2D eigenvalue weighted by atomic mass is 79.9. The first kappa shape index (κ1) is 13.9. The summed E-state index contributed by atoms with van der Waals surface area (Å²) in [5.41, 5.74) is 4.65. The number of hydrogen-bond donors (Lipinski definition) is 0. The molecule has 0 spiro atoms. The Labute approximate surface area is 130 Å². The second kappa shape index (κ2) is 6.58. The van der Waals surface area contributed by atoms with Crippen LogP contribution in [0, 0.1) is 5.92 Å². The Morgan fingerprint density at radius 1 is 0.900 bits per heavy atom. The van der Waals surface area contributed by atoms with Gasteiger partial charge in [0.05, 0.1) is 0 Å². The van der Waals surface area contributed by atoms with Crippen LogP contribution in [0.3, 0.4) is 0 Å². The summed E-state index contributed by atoms with van der Waals surface area (Å²) in [5, 5.41) is 1.11. The van der Waals surface area contributed by atoms with Gasteiger partial charge in [-0.2, -0.15) is 0 Å². The maximum Gasteiger partial charge on any atom is 0.00315 e. The molecule has 0 N–H and O–H groups in total. The number of hydrogen-bond acceptors (Lipinski definition) is 0. The predicted octanol–water partition coefficient (Wildman–Crippen LogP) is 5.36. The van der Waals surface area contributed by atoms with Gasteiger partial charge in [0.15, 0.2) is 0 Å². The van der Waals surface area contributed by atoms with Crippen molar-refractivity contribution in [3.05, 3.63) is 71.3 Å². The minimum atomic E-state index is 0.696. The summed E-state index contributed by atoms with van der Waals surface area (Å²) in [7, 11) is 0. The van der Waals surface area contributed by atoms with Crippen LogP contribution in [0.5, 0.6) is 0 Å². The minimum Gasteiger partial charge on any atom is -0.0928 e. The molecule has 0 heterocycles. The molecule has 0 saturated heterocycles. The lowest BCUT2D eigenvalue weighted by Gasteiger charge is -2.24. The molecule has 20 heavy (non-hydrogen) atoms. The van der Waals surface area contributed by atoms with Crippen LogP contribution in [0.1, 0.15) is 35.4 Å². The maximum absolute atomic E-state index is 3.59. The molecule has 1 unspecified atom stereocenters. The van der Waals surface area contributed by atoms with E-state index in [0.29, 0.717) is 5.92 Å². The maximum atomic E-state index is 3.59. The van der Waals surface area contributed by atoms with Crippen molar-refractivity contribution in [2.75, 3.05) is 5.33 Å². The SMILES string of the molecule is BrCCCC(c1ccccc1)C1Cc2ccccc2C1. The van der Waals surface area contributed by atoms with Crippen LogP contribution in [-0.4, -0.2) is 5.33 Å². The van der Waals surface area contributed by atoms with Gasteiger partial charge in [-0.3, -0.25) is 0 Å². The molecule has 1 heteroatoms. The van der Waals surface area contributed by atoms with E-state index in [1.807, 2.05) is 0 Å². The molecule has 0 aromatic heterocycles. The fraction of sp³-hybridized carbons (Fsp3) is 0.368. The quantitative estimate of drug-likeness (QED) is 0.648. The first-order chi connectivity index (χ1) is 9.88. The Balaban J connectivity index is 1.81. The van der Waals surface area contributed by atoms with E-state index in [0.717, 1.165) is 11.2 Å². The molecule has 0 radical (unpaired) electrons. The molecule has 2 aromatic rings. The molecular formula is C19H21Br. The fourth-order valence-corrected chi connectivity index (χ4v) is 3.87. The predicted molar refractivity (Wildman–Crippen MR) is 89.6 cm³/mol. The molecule has 3 rings (SSSR count). The third-order valence-corrected chi connectivity index (χ3v) is 5.09. The van der Waals surface area contributed by atoms with Crippen LogP contribution in [0.4, 0.5) is 0 Å². The lowest BCUT2D eigenvalue weighted by atomic mass is 9.81. The van der Waals surface area contributed by atoms with Gasteiger partial charge in [-0.15, -0.1) is 0 Å². The zero-order valence-electron chi connectivity index (χ0n) is 11.8. The average Bonchev–Trinajstić information content (AvgIpc) is 2.92. The summed E-state index contributed by atoms with van der Waals surface area (Å²) in [5.74, 6) is 1.47. The van der Waals surface area contributed by atoms with Crippen molar-refractivity contribution in [2.24, 2.45) is 5.92 Å². The lowest BCUT2D eigenvalue weighted by Crippen LogP contribution is -2.14. The van der Waals surface area contributed by atoms with Crippen molar-refractivity contribution in [3.63, 3.8) is 0 Å². The Morgan fingerprint density at radius 3 is 2.10 bits per heavy atom. The fourth-order valence-electron chi connectivity index (χ4n) is 3.55. The van der Waals surface area contributed by atoms with E-state index in [4.69, 9.17) is 0 Å². The van der Waals surface area contributed by atoms with Crippen LogP contribution >= 0.6 is 15.9 Å². The van der Waals surface area contributed by atoms with Gasteiger partial charge in [0.25, 0.3) is 0 Å². The summed E-state index contributed by atoms with van der Waals surface area (Å²) in [4.78, 5) is 0. The first-order valence-electron chi connectivity index (χ1n) is 7.56. The molecular weight excluding hydrogens is 308 g/mol. The number of fused-ring (bicyclic) bond motifs is 1. The molecule has 1 aliphatic carbocycles. The van der Waals surface area contributed by atoms with E-state index in [-0.39, 0.29) is 0 Å². The third kappa shape index (κ3) is 2.98. The highest BCUT2D eigenvalue weighted by molar-refractivity contribution is 9.09. The highest BCUT2D eigenvalue weighted by Crippen LogP contribution is 2.39. The second-order valence-corrected chi connectivity index (χ2v) is 6.58. The summed E-state index contributed by atoms with van der Waals surface area (Å²) in [6.07, 6.45) is 5.04. The van der Waals surface area contributed by atoms with E-state index >= 15 is 0 Å². The van der Waals surface area contributed by atoms with Gasteiger partial charge in [0, 0.05) is 5.33 Å². The smallest absolute Gasteiger partial charge is 0.00315 e. The van der Waals surface area contributed by atoms with Gasteiger partial charge in [-0.1, -0.05) is 70.5 Å². The topological polar surface area (TPSA) is 0 Å². The normalized spacial score (nSPS) is 16.1. The molecule has 1 atom stereocenters. The minimum absolute atomic E-state index is 0.696. The monoisotopic (exact) mass is 328 g/mol. The zero-order valence-corrected chi connectivity index (χ0v) is 13.4. The zero-order chi connectivity index (χ0) is 13.8. The van der Waals surface area contributed by atoms with Gasteiger partial charge in [-0.25, -0.2) is 0 Å². The standard InChI is InChI=1S/C19H21Br/c20-12-6-11-19(15-7-2-1-3-8-15)18-13-16-9-4-5-10-17(16)14-18/h1-5,7-10,18-19H,6,11-14H2. The Morgan fingerprint density at radius 2 is 1.50 bits per heavy atom. The van der Waals surface area contributed by atoms with Gasteiger partial charge in [0.1, 0.15) is 0 Å². The molecule has 0 saturated carbocycles. The van der Waals surface area contributed by atoms with E-state index < -0.39 is 0 Å². The van der Waals surface area contributed by atoms with Crippen LogP contribution in [0.15, 0.2) is 54.6 Å². The molecule has 0 nitrogen and oxygen atoms in total. The van der Waals surface area contributed by atoms with Crippen molar-refractivity contribution < 1.29 is 0 Å². The van der Waals surface area contributed by atoms with Gasteiger partial charge < -0.3 is 0 Å². The van der Waals surface area contributed by atoms with Gasteiger partial charge in [-0.05, 0) is 54.2 Å². The van der Waals surface area contributed by atoms with Gasteiger partial charge >= 0.3 is 0 Å². The first-order valence-corrected chi connectivity index (χ1v) is 8.68. The highest BCUT2D eigenvalue weighted by Gasteiger charge is 2.28. The van der Waals surface area contributed by atoms with Crippen LogP contribution in [0.2, 0.25) is 0 Å². The third-order valence-electron chi connectivity index (χ3n) is 4.53.